The molecule has 0 amide bonds. The van der Waals surface area contributed by atoms with Crippen LogP contribution in [0.2, 0.25) is 0 Å². The molecule has 1 saturated carbocycles. The van der Waals surface area contributed by atoms with Crippen molar-refractivity contribution in [1.29, 1.82) is 0 Å². The number of carbonyl (C=O) groups excluding carboxylic acids is 1. The molecule has 2 aromatic heterocycles. The zero-order chi connectivity index (χ0) is 22.8. The summed E-state index contributed by atoms with van der Waals surface area (Å²) < 4.78 is 21.6. The van der Waals surface area contributed by atoms with E-state index >= 15 is 0 Å². The van der Waals surface area contributed by atoms with Crippen LogP contribution in [0.5, 0.6) is 5.75 Å². The van der Waals surface area contributed by atoms with Crippen molar-refractivity contribution in [3.05, 3.63) is 83.8 Å². The summed E-state index contributed by atoms with van der Waals surface area (Å²) in [5.74, 6) is -0.0446. The summed E-state index contributed by atoms with van der Waals surface area (Å²) in [5.41, 5.74) is 3.53. The highest BCUT2D eigenvalue weighted by atomic mass is 19.1. The summed E-state index contributed by atoms with van der Waals surface area (Å²) in [6.07, 6.45) is 8.05. The van der Waals surface area contributed by atoms with Crippen LogP contribution < -0.4 is 10.1 Å². The Labute approximate surface area is 192 Å². The molecule has 0 bridgehead atoms. The third kappa shape index (κ3) is 4.46. The molecule has 1 aliphatic carbocycles. The Hall–Kier alpha value is -3.67. The van der Waals surface area contributed by atoms with Gasteiger partial charge in [-0.1, -0.05) is 43.5 Å². The molecule has 4 aromatic rings. The van der Waals surface area contributed by atoms with Crippen molar-refractivity contribution in [2.45, 2.75) is 45.1 Å². The molecular formula is C27H26FN3O2. The lowest BCUT2D eigenvalue weighted by molar-refractivity contribution is 0.0730. The molecule has 5 rings (SSSR count). The number of benzene rings is 2. The number of hydrogen-bond donors (Lipinski definition) is 1. The standard InChI is InChI=1S/C27H26FN3O2/c1-18-14-15-31-24(16-18)30-25(26(31)29-20-9-3-2-4-10-20)19-8-7-11-21(17-19)33-27(32)22-12-5-6-13-23(22)28/h5-8,11-17,20,29H,2-4,9-10H2,1H3. The third-order valence-corrected chi connectivity index (χ3v) is 6.14. The van der Waals surface area contributed by atoms with Gasteiger partial charge in [0.15, 0.2) is 0 Å². The van der Waals surface area contributed by atoms with E-state index in [9.17, 15) is 9.18 Å². The average molecular weight is 444 g/mol. The number of carbonyl (C=O) groups is 1. The second-order valence-electron chi connectivity index (χ2n) is 8.62. The number of rotatable bonds is 5. The first-order chi connectivity index (χ1) is 16.1. The fraction of sp³-hybridized carbons (Fsp3) is 0.259. The smallest absolute Gasteiger partial charge is 0.346 e. The summed E-state index contributed by atoms with van der Waals surface area (Å²) in [6.45, 7) is 2.05. The molecule has 33 heavy (non-hydrogen) atoms. The fourth-order valence-corrected chi connectivity index (χ4v) is 4.42. The van der Waals surface area contributed by atoms with Gasteiger partial charge in [-0.15, -0.1) is 0 Å². The minimum atomic E-state index is -0.726. The number of aromatic nitrogens is 2. The third-order valence-electron chi connectivity index (χ3n) is 6.14. The van der Waals surface area contributed by atoms with Gasteiger partial charge in [0.2, 0.25) is 0 Å². The minimum absolute atomic E-state index is 0.0919. The molecule has 6 heteroatoms. The number of hydrogen-bond acceptors (Lipinski definition) is 4. The Kier molecular flexibility index (Phi) is 5.82. The summed E-state index contributed by atoms with van der Waals surface area (Å²) in [6, 6.07) is 17.6. The summed E-state index contributed by atoms with van der Waals surface area (Å²) >= 11 is 0. The van der Waals surface area contributed by atoms with E-state index < -0.39 is 11.8 Å². The molecule has 1 aliphatic rings. The number of anilines is 1. The molecule has 1 fully saturated rings. The van der Waals surface area contributed by atoms with Crippen LogP contribution in [0.1, 0.15) is 48.0 Å². The zero-order valence-electron chi connectivity index (χ0n) is 18.6. The van der Waals surface area contributed by atoms with Gasteiger partial charge in [-0.2, -0.15) is 0 Å². The van der Waals surface area contributed by atoms with Crippen LogP contribution >= 0.6 is 0 Å². The number of ether oxygens (including phenoxy) is 1. The second-order valence-corrected chi connectivity index (χ2v) is 8.62. The molecule has 168 valence electrons. The van der Waals surface area contributed by atoms with Gasteiger partial charge in [-0.25, -0.2) is 14.2 Å². The van der Waals surface area contributed by atoms with Crippen molar-refractivity contribution in [1.82, 2.24) is 9.38 Å². The van der Waals surface area contributed by atoms with Crippen molar-refractivity contribution >= 4 is 17.4 Å². The maximum Gasteiger partial charge on any atom is 0.346 e. The first-order valence-corrected chi connectivity index (χ1v) is 11.4. The topological polar surface area (TPSA) is 55.6 Å². The maximum absolute atomic E-state index is 14.0. The lowest BCUT2D eigenvalue weighted by Crippen LogP contribution is -2.23. The highest BCUT2D eigenvalue weighted by Crippen LogP contribution is 2.33. The highest BCUT2D eigenvalue weighted by Gasteiger charge is 2.20. The molecule has 1 N–H and O–H groups in total. The Morgan fingerprint density at radius 3 is 2.70 bits per heavy atom. The van der Waals surface area contributed by atoms with Crippen LogP contribution in [0.4, 0.5) is 10.2 Å². The number of pyridine rings is 1. The number of halogens is 1. The van der Waals surface area contributed by atoms with E-state index in [2.05, 4.69) is 21.9 Å². The molecule has 2 heterocycles. The van der Waals surface area contributed by atoms with E-state index in [-0.39, 0.29) is 5.56 Å². The number of esters is 1. The van der Waals surface area contributed by atoms with E-state index in [0.717, 1.165) is 41.1 Å². The van der Waals surface area contributed by atoms with Crippen LogP contribution in [0.25, 0.3) is 16.9 Å². The summed E-state index contributed by atoms with van der Waals surface area (Å²) in [4.78, 5) is 17.4. The Morgan fingerprint density at radius 1 is 1.06 bits per heavy atom. The van der Waals surface area contributed by atoms with Crippen molar-refractivity contribution in [2.75, 3.05) is 5.32 Å². The van der Waals surface area contributed by atoms with Crippen molar-refractivity contribution in [3.63, 3.8) is 0 Å². The van der Waals surface area contributed by atoms with Gasteiger partial charge in [0.05, 0.1) is 5.56 Å². The second kappa shape index (κ2) is 9.06. The first-order valence-electron chi connectivity index (χ1n) is 11.4. The van der Waals surface area contributed by atoms with E-state index in [4.69, 9.17) is 9.72 Å². The summed E-state index contributed by atoms with van der Waals surface area (Å²) in [5, 5.41) is 3.73. The monoisotopic (exact) mass is 443 g/mol. The zero-order valence-corrected chi connectivity index (χ0v) is 18.6. The van der Waals surface area contributed by atoms with E-state index in [1.165, 1.54) is 31.4 Å². The van der Waals surface area contributed by atoms with Crippen LogP contribution in [-0.4, -0.2) is 21.4 Å². The predicted molar refractivity (Wildman–Crippen MR) is 127 cm³/mol. The molecule has 0 unspecified atom stereocenters. The van der Waals surface area contributed by atoms with E-state index in [1.807, 2.05) is 25.3 Å². The molecule has 2 aromatic carbocycles. The van der Waals surface area contributed by atoms with Crippen LogP contribution in [0.15, 0.2) is 66.9 Å². The van der Waals surface area contributed by atoms with Gasteiger partial charge in [0.25, 0.3) is 0 Å². The minimum Gasteiger partial charge on any atom is -0.423 e. The van der Waals surface area contributed by atoms with Crippen molar-refractivity contribution in [2.24, 2.45) is 0 Å². The highest BCUT2D eigenvalue weighted by molar-refractivity contribution is 5.91. The number of nitrogens with zero attached hydrogens (tertiary/aromatic N) is 2. The fourth-order valence-electron chi connectivity index (χ4n) is 4.42. The van der Waals surface area contributed by atoms with Gasteiger partial charge >= 0.3 is 5.97 Å². The molecule has 5 nitrogen and oxygen atoms in total. The molecule has 0 saturated heterocycles. The van der Waals surface area contributed by atoms with Gasteiger partial charge < -0.3 is 10.1 Å². The Bertz CT molecular complexity index is 1310. The van der Waals surface area contributed by atoms with Crippen molar-refractivity contribution < 1.29 is 13.9 Å². The average Bonchev–Trinajstić information content (AvgIpc) is 3.17. The SMILES string of the molecule is Cc1ccn2c(NC3CCCCC3)c(-c3cccc(OC(=O)c4ccccc4F)c3)nc2c1. The number of imidazole rings is 1. The quantitative estimate of drug-likeness (QED) is 0.286. The van der Waals surface area contributed by atoms with Crippen LogP contribution in [-0.2, 0) is 0 Å². The Balaban J connectivity index is 1.50. The van der Waals surface area contributed by atoms with Crippen LogP contribution in [0, 0.1) is 12.7 Å². The molecule has 0 radical (unpaired) electrons. The lowest BCUT2D eigenvalue weighted by Gasteiger charge is -2.24. The van der Waals surface area contributed by atoms with Crippen molar-refractivity contribution in [3.8, 4) is 17.0 Å². The summed E-state index contributed by atoms with van der Waals surface area (Å²) in [7, 11) is 0. The first kappa shape index (κ1) is 21.2. The van der Waals surface area contributed by atoms with Gasteiger partial charge in [-0.3, -0.25) is 4.40 Å². The normalized spacial score (nSPS) is 14.4. The molecular weight excluding hydrogens is 417 g/mol. The predicted octanol–water partition coefficient (Wildman–Crippen LogP) is 6.41. The van der Waals surface area contributed by atoms with Gasteiger partial charge in [0.1, 0.15) is 28.7 Å². The van der Waals surface area contributed by atoms with E-state index in [1.54, 1.807) is 24.3 Å². The number of aryl methyl sites for hydroxylation is 1. The molecule has 0 aliphatic heterocycles. The molecule has 0 spiro atoms. The maximum atomic E-state index is 14.0. The lowest BCUT2D eigenvalue weighted by atomic mass is 9.95. The van der Waals surface area contributed by atoms with E-state index in [0.29, 0.717) is 11.8 Å². The van der Waals surface area contributed by atoms with Gasteiger partial charge in [-0.05, 0) is 61.7 Å². The Morgan fingerprint density at radius 2 is 1.88 bits per heavy atom. The van der Waals surface area contributed by atoms with Gasteiger partial charge in [0, 0.05) is 17.8 Å². The largest absolute Gasteiger partial charge is 0.423 e. The van der Waals surface area contributed by atoms with Crippen LogP contribution in [0.3, 0.4) is 0 Å². The number of fused-ring (bicyclic) bond motifs is 1. The number of nitrogens with one attached hydrogen (secondary N) is 1. The molecule has 0 atom stereocenters.